The Bertz CT molecular complexity index is 1260. The van der Waals surface area contributed by atoms with Gasteiger partial charge >= 0.3 is 19.8 Å². The maximum atomic E-state index is 12.7. The molecule has 0 bridgehead atoms. The first-order valence-corrected chi connectivity index (χ1v) is 28.8. The van der Waals surface area contributed by atoms with E-state index in [0.717, 1.165) is 77.0 Å². The van der Waals surface area contributed by atoms with Gasteiger partial charge in [0.25, 0.3) is 0 Å². The second-order valence-corrected chi connectivity index (χ2v) is 19.5. The minimum absolute atomic E-state index is 0.0515. The van der Waals surface area contributed by atoms with Crippen LogP contribution < -0.4 is 5.73 Å². The van der Waals surface area contributed by atoms with Crippen LogP contribution in [0.4, 0.5) is 0 Å². The molecule has 0 aliphatic carbocycles. The van der Waals surface area contributed by atoms with Crippen molar-refractivity contribution < 1.29 is 37.6 Å². The summed E-state index contributed by atoms with van der Waals surface area (Å²) in [5, 5.41) is 0. The van der Waals surface area contributed by atoms with Crippen molar-refractivity contribution in [3.63, 3.8) is 0 Å². The summed E-state index contributed by atoms with van der Waals surface area (Å²) in [4.78, 5) is 35.1. The molecule has 0 aromatic heterocycles. The van der Waals surface area contributed by atoms with Crippen molar-refractivity contribution >= 4 is 19.8 Å². The van der Waals surface area contributed by atoms with E-state index in [4.69, 9.17) is 24.3 Å². The summed E-state index contributed by atoms with van der Waals surface area (Å²) < 4.78 is 33.0. The highest BCUT2D eigenvalue weighted by Gasteiger charge is 2.26. The van der Waals surface area contributed by atoms with E-state index < -0.39 is 26.5 Å². The molecule has 384 valence electrons. The molecule has 0 saturated heterocycles. The zero-order valence-corrected chi connectivity index (χ0v) is 43.6. The fourth-order valence-corrected chi connectivity index (χ4v) is 8.43. The lowest BCUT2D eigenvalue weighted by Crippen LogP contribution is -2.29. The molecule has 0 fully saturated rings. The summed E-state index contributed by atoms with van der Waals surface area (Å²) >= 11 is 0. The molecule has 0 amide bonds. The van der Waals surface area contributed by atoms with Crippen molar-refractivity contribution in [1.82, 2.24) is 0 Å². The van der Waals surface area contributed by atoms with Crippen molar-refractivity contribution in [2.75, 3.05) is 26.4 Å². The number of unbranched alkanes of at least 4 members (excludes halogenated alkanes) is 28. The highest BCUT2D eigenvalue weighted by atomic mass is 31.2. The number of hydrogen-bond donors (Lipinski definition) is 2. The largest absolute Gasteiger partial charge is 0.472 e. The topological polar surface area (TPSA) is 134 Å². The number of esters is 2. The maximum absolute atomic E-state index is 12.7. The Kier molecular flexibility index (Phi) is 50.3. The monoisotopic (exact) mass is 948 g/mol. The quantitative estimate of drug-likeness (QED) is 0.0264. The molecule has 9 nitrogen and oxygen atoms in total. The van der Waals surface area contributed by atoms with Crippen LogP contribution in [0.15, 0.2) is 60.8 Å². The van der Waals surface area contributed by atoms with Gasteiger partial charge in [0, 0.05) is 19.4 Å². The van der Waals surface area contributed by atoms with Crippen molar-refractivity contribution in [1.29, 1.82) is 0 Å². The van der Waals surface area contributed by atoms with Gasteiger partial charge in [-0.3, -0.25) is 18.6 Å². The minimum Gasteiger partial charge on any atom is -0.462 e. The second-order valence-electron chi connectivity index (χ2n) is 18.1. The minimum atomic E-state index is -4.39. The highest BCUT2D eigenvalue weighted by Crippen LogP contribution is 2.43. The van der Waals surface area contributed by atoms with Gasteiger partial charge in [-0.05, 0) is 57.8 Å². The Morgan fingerprint density at radius 3 is 1.24 bits per heavy atom. The summed E-state index contributed by atoms with van der Waals surface area (Å²) in [6, 6.07) is 0. The second kappa shape index (κ2) is 52.1. The van der Waals surface area contributed by atoms with Gasteiger partial charge in [-0.15, -0.1) is 0 Å². The lowest BCUT2D eigenvalue weighted by molar-refractivity contribution is -0.161. The van der Waals surface area contributed by atoms with E-state index >= 15 is 0 Å². The molecular formula is C56H102NO8P. The Morgan fingerprint density at radius 2 is 0.833 bits per heavy atom. The molecule has 0 rings (SSSR count). The van der Waals surface area contributed by atoms with E-state index in [0.29, 0.717) is 6.42 Å². The molecular weight excluding hydrogens is 846 g/mol. The molecule has 0 heterocycles. The molecule has 66 heavy (non-hydrogen) atoms. The number of phosphoric acid groups is 1. The molecule has 2 unspecified atom stereocenters. The molecule has 0 aliphatic rings. The molecule has 0 radical (unpaired) electrons. The standard InChI is InChI=1S/C56H102NO8P/c1-3-5-7-9-11-13-15-17-19-21-23-25-26-27-28-29-31-33-35-37-39-41-43-45-47-49-56(59)65-54(53-64-66(60,61)63-51-50-57)52-62-55(58)48-46-44-42-40-38-36-34-32-30-24-22-20-18-16-14-12-10-8-6-4-2/h5,7,11,13,17,19,23,25,27-28,54H,3-4,6,8-10,12,14-16,18,20-22,24,26,29-53,57H2,1-2H3,(H,60,61)/b7-5-,13-11-,19-17-,25-23-,28-27-. The smallest absolute Gasteiger partial charge is 0.462 e. The van der Waals surface area contributed by atoms with E-state index in [1.54, 1.807) is 0 Å². The number of hydrogen-bond acceptors (Lipinski definition) is 8. The van der Waals surface area contributed by atoms with Gasteiger partial charge in [0.1, 0.15) is 6.61 Å². The SMILES string of the molecule is CC/C=C\C/C=C\C/C=C\C/C=C\C/C=C\CCCCCCCCCCCC(=O)OC(COC(=O)CCCCCCCCCCCCCCCCCCCCCC)COP(=O)(O)OCCN. The summed E-state index contributed by atoms with van der Waals surface area (Å²) in [6.45, 7) is 3.65. The predicted molar refractivity (Wildman–Crippen MR) is 279 cm³/mol. The summed E-state index contributed by atoms with van der Waals surface area (Å²) in [7, 11) is -4.39. The fourth-order valence-electron chi connectivity index (χ4n) is 7.66. The van der Waals surface area contributed by atoms with Crippen molar-refractivity contribution in [2.24, 2.45) is 5.73 Å². The Morgan fingerprint density at radius 1 is 0.470 bits per heavy atom. The van der Waals surface area contributed by atoms with Gasteiger partial charge in [-0.25, -0.2) is 4.57 Å². The first-order chi connectivity index (χ1) is 32.3. The van der Waals surface area contributed by atoms with Gasteiger partial charge in [-0.1, -0.05) is 242 Å². The third-order valence-corrected chi connectivity index (χ3v) is 12.7. The summed E-state index contributed by atoms with van der Waals surface area (Å²) in [5.74, 6) is -0.827. The zero-order chi connectivity index (χ0) is 48.1. The van der Waals surface area contributed by atoms with Gasteiger partial charge < -0.3 is 20.1 Å². The van der Waals surface area contributed by atoms with E-state index in [2.05, 4.69) is 74.6 Å². The molecule has 0 aromatic rings. The van der Waals surface area contributed by atoms with E-state index in [-0.39, 0.29) is 38.6 Å². The molecule has 0 aliphatic heterocycles. The van der Waals surface area contributed by atoms with Crippen LogP contribution in [0.25, 0.3) is 0 Å². The molecule has 2 atom stereocenters. The first kappa shape index (κ1) is 63.7. The Labute approximate surface area is 406 Å². The van der Waals surface area contributed by atoms with Crippen LogP contribution in [0.1, 0.15) is 251 Å². The number of phosphoric ester groups is 1. The van der Waals surface area contributed by atoms with Gasteiger partial charge in [0.2, 0.25) is 0 Å². The number of nitrogens with two attached hydrogens (primary N) is 1. The number of ether oxygens (including phenoxy) is 2. The van der Waals surface area contributed by atoms with Crippen molar-refractivity contribution in [2.45, 2.75) is 258 Å². The predicted octanol–water partition coefficient (Wildman–Crippen LogP) is 16.8. The number of rotatable bonds is 51. The molecule has 0 spiro atoms. The van der Waals surface area contributed by atoms with Gasteiger partial charge in [0.05, 0.1) is 13.2 Å². The number of carbonyl (C=O) groups is 2. The van der Waals surface area contributed by atoms with Gasteiger partial charge in [0.15, 0.2) is 6.10 Å². The van der Waals surface area contributed by atoms with E-state index in [1.165, 1.54) is 141 Å². The van der Waals surface area contributed by atoms with Gasteiger partial charge in [-0.2, -0.15) is 0 Å². The van der Waals surface area contributed by atoms with E-state index in [9.17, 15) is 19.0 Å². The lowest BCUT2D eigenvalue weighted by atomic mass is 10.0. The molecule has 0 aromatic carbocycles. The summed E-state index contributed by atoms with van der Waals surface area (Å²) in [5.41, 5.74) is 5.37. The van der Waals surface area contributed by atoms with Crippen LogP contribution in [0.2, 0.25) is 0 Å². The third-order valence-electron chi connectivity index (χ3n) is 11.7. The van der Waals surface area contributed by atoms with Crippen LogP contribution in [0.3, 0.4) is 0 Å². The lowest BCUT2D eigenvalue weighted by Gasteiger charge is -2.19. The summed E-state index contributed by atoms with van der Waals surface area (Å²) in [6.07, 6.45) is 64.0. The Balaban J connectivity index is 4.02. The first-order valence-electron chi connectivity index (χ1n) is 27.3. The van der Waals surface area contributed by atoms with Crippen molar-refractivity contribution in [3.8, 4) is 0 Å². The maximum Gasteiger partial charge on any atom is 0.472 e. The zero-order valence-electron chi connectivity index (χ0n) is 42.7. The molecule has 10 heteroatoms. The average Bonchev–Trinajstić information content (AvgIpc) is 3.31. The van der Waals surface area contributed by atoms with Crippen LogP contribution in [0, 0.1) is 0 Å². The van der Waals surface area contributed by atoms with Crippen LogP contribution in [0.5, 0.6) is 0 Å². The van der Waals surface area contributed by atoms with E-state index in [1.807, 2.05) is 0 Å². The normalized spacial score (nSPS) is 13.6. The number of allylic oxidation sites excluding steroid dienone is 10. The average molecular weight is 948 g/mol. The van der Waals surface area contributed by atoms with Crippen LogP contribution in [-0.2, 0) is 32.7 Å². The highest BCUT2D eigenvalue weighted by molar-refractivity contribution is 7.47. The Hall–Kier alpha value is -2.29. The third kappa shape index (κ3) is 51.1. The molecule has 3 N–H and O–H groups in total. The van der Waals surface area contributed by atoms with Crippen LogP contribution >= 0.6 is 7.82 Å². The number of carbonyl (C=O) groups excluding carboxylic acids is 2. The fraction of sp³-hybridized carbons (Fsp3) is 0.786. The van der Waals surface area contributed by atoms with Crippen molar-refractivity contribution in [3.05, 3.63) is 60.8 Å². The van der Waals surface area contributed by atoms with Crippen LogP contribution in [-0.4, -0.2) is 49.3 Å². The molecule has 0 saturated carbocycles.